The van der Waals surface area contributed by atoms with Crippen molar-refractivity contribution >= 4 is 92.7 Å². The van der Waals surface area contributed by atoms with Crippen LogP contribution in [0.2, 0.25) is 0 Å². The number of aliphatic hydroxyl groups excluding tert-OH is 9. The quantitative estimate of drug-likeness (QED) is 0.0180. The van der Waals surface area contributed by atoms with E-state index in [1.807, 2.05) is 0 Å². The number of aliphatic hydroxyl groups is 9. The third kappa shape index (κ3) is 40.5. The number of hydrogen-bond donors (Lipinski definition) is 15. The third-order valence-electron chi connectivity index (χ3n) is 16.0. The summed E-state index contributed by atoms with van der Waals surface area (Å²) in [5, 5.41) is 99.4. The average molecular weight is 1680 g/mol. The Labute approximate surface area is 632 Å². The van der Waals surface area contributed by atoms with Gasteiger partial charge >= 0.3 is 27.2 Å². The first-order valence-electron chi connectivity index (χ1n) is 34.7. The van der Waals surface area contributed by atoms with Crippen LogP contribution in [0.4, 0.5) is 0 Å². The predicted molar refractivity (Wildman–Crippen MR) is 384 cm³/mol. The fourth-order valence-corrected chi connectivity index (χ4v) is 17.2. The number of nitrogens with one attached hydrogen (secondary N) is 3. The molecule has 1 saturated carbocycles. The highest BCUT2D eigenvalue weighted by Gasteiger charge is 2.48. The molecular weight excluding hydrogens is 1560 g/mol. The molecule has 19 atom stereocenters. The number of rotatable bonds is 62. The first-order chi connectivity index (χ1) is 49.9. The molecule has 2 heterocycles. The lowest BCUT2D eigenvalue weighted by molar-refractivity contribution is -0.270. The van der Waals surface area contributed by atoms with Gasteiger partial charge in [-0.2, -0.15) is 0 Å². The lowest BCUT2D eigenvalue weighted by Gasteiger charge is -2.42. The molecule has 620 valence electrons. The Morgan fingerprint density at radius 3 is 1.13 bits per heavy atom. The van der Waals surface area contributed by atoms with Gasteiger partial charge in [-0.05, 0) is 77.0 Å². The molecule has 3 fully saturated rings. The summed E-state index contributed by atoms with van der Waals surface area (Å²) in [6.45, 7) is -13.4. The third-order valence-corrected chi connectivity index (χ3v) is 24.5. The highest BCUT2D eigenvalue weighted by atomic mass is 32.7. The van der Waals surface area contributed by atoms with Crippen LogP contribution < -0.4 is 16.0 Å². The van der Waals surface area contributed by atoms with Gasteiger partial charge in [0.05, 0.1) is 124 Å². The second-order valence-electron chi connectivity index (χ2n) is 24.9. The summed E-state index contributed by atoms with van der Waals surface area (Å²) in [5.41, 5.74) is -1.03. The van der Waals surface area contributed by atoms with Crippen molar-refractivity contribution in [3.8, 4) is 0 Å². The maximum absolute atomic E-state index is 13.7. The van der Waals surface area contributed by atoms with Gasteiger partial charge in [-0.25, -0.2) is 18.3 Å². The molecule has 2 saturated heterocycles. The van der Waals surface area contributed by atoms with Gasteiger partial charge in [0.1, 0.15) is 78.1 Å². The number of carbonyl (C=O) groups is 3. The van der Waals surface area contributed by atoms with Crippen molar-refractivity contribution in [2.45, 2.75) is 196 Å². The number of carbonyl (C=O) groups excluding carboxylic acids is 3. The summed E-state index contributed by atoms with van der Waals surface area (Å²) in [6.07, 6.45) is -8.78. The molecule has 3 rings (SSSR count). The molecule has 1 aliphatic carbocycles. The topological polar surface area (TPSA) is 524 Å². The monoisotopic (exact) mass is 1680 g/mol. The maximum atomic E-state index is 13.7. The molecule has 2 aliphatic heterocycles. The van der Waals surface area contributed by atoms with Crippen LogP contribution in [0.5, 0.6) is 0 Å². The minimum absolute atomic E-state index is 0.0215. The van der Waals surface area contributed by atoms with Crippen LogP contribution in [0.1, 0.15) is 111 Å². The van der Waals surface area contributed by atoms with Crippen molar-refractivity contribution in [3.63, 3.8) is 0 Å². The van der Waals surface area contributed by atoms with Crippen molar-refractivity contribution in [1.29, 1.82) is 0 Å². The summed E-state index contributed by atoms with van der Waals surface area (Å²) >= 11 is 8.68. The SMILES string of the molecule is COSP(=O)(OCCCCOC1OC(CO)C(O)C(O)C1NC(C)=O)OCCCOCC(COCCCCCCOP(=O)(O)S)(COCCCOP(=O)(S)OCCCCOC1CC(CO)C(O)C(O)C1NC(C)=O)COCCCOP(=O)(OCCCCOC1OC(CO)C(O)C(O)C1NC(C)=O)SOC. The standard InChI is InChI=1S/C59H115N3O35P4S4/c1-41(66)60-48-45(33-44(34-63)51(69)54(48)72)86-23-10-13-27-90-99(77,103)91-30-16-20-83-38-59(37-82-19-8-6-7-9-26-89-98(75,76)102,39-84-21-17-31-94-100(78,104-80-4)92-28-14-11-24-87-57-49(61-42(2)67)55(73)52(70)46(35-64)96-57)40-85-22-18-32-95-101(79,105-81-5)93-29-15-12-25-88-58-50(62-43(3)68)56(74)53(71)47(36-65)97-58/h44-58,63-65,69-74H,6-40H2,1-5H3,(H,60,66)(H,61,67)(H,62,68)(H,77,103)(H2,75,76,102). The van der Waals surface area contributed by atoms with E-state index in [1.54, 1.807) is 0 Å². The van der Waals surface area contributed by atoms with Gasteiger partial charge in [0.2, 0.25) is 17.7 Å². The van der Waals surface area contributed by atoms with Gasteiger partial charge in [0.25, 0.3) is 0 Å². The van der Waals surface area contributed by atoms with Crippen LogP contribution in [0.3, 0.4) is 0 Å². The first kappa shape index (κ1) is 98.8. The van der Waals surface area contributed by atoms with Gasteiger partial charge in [0, 0.05) is 79.5 Å². The van der Waals surface area contributed by atoms with E-state index in [4.69, 9.17) is 82.7 Å². The highest BCUT2D eigenvalue weighted by Crippen LogP contribution is 2.62. The fourth-order valence-electron chi connectivity index (χ4n) is 10.7. The van der Waals surface area contributed by atoms with E-state index >= 15 is 0 Å². The van der Waals surface area contributed by atoms with Crippen molar-refractivity contribution in [1.82, 2.24) is 16.0 Å². The zero-order valence-corrected chi connectivity index (χ0v) is 67.1. The van der Waals surface area contributed by atoms with Crippen molar-refractivity contribution in [2.75, 3.05) is 153 Å². The Morgan fingerprint density at radius 2 is 0.752 bits per heavy atom. The molecule has 105 heavy (non-hydrogen) atoms. The van der Waals surface area contributed by atoms with E-state index in [0.717, 1.165) is 0 Å². The summed E-state index contributed by atoms with van der Waals surface area (Å²) in [7, 11) is 2.58. The molecule has 38 nitrogen and oxygen atoms in total. The Balaban J connectivity index is 1.65. The lowest BCUT2D eigenvalue weighted by Crippen LogP contribution is -2.64. The number of thiol groups is 2. The molecule has 0 aromatic carbocycles. The smallest absolute Gasteiger partial charge is 0.396 e. The molecule has 0 spiro atoms. The average Bonchev–Trinajstić information content (AvgIpc) is 0.819. The first-order valence-corrected chi connectivity index (χ1v) is 45.9. The van der Waals surface area contributed by atoms with Crippen LogP contribution in [-0.2, 0) is 115 Å². The maximum Gasteiger partial charge on any atom is 0.415 e. The highest BCUT2D eigenvalue weighted by molar-refractivity contribution is 8.53. The van der Waals surface area contributed by atoms with E-state index in [2.05, 4.69) is 40.4 Å². The molecule has 0 bridgehead atoms. The van der Waals surface area contributed by atoms with Gasteiger partial charge in [-0.3, -0.25) is 32.5 Å². The molecule has 0 radical (unpaired) electrons. The predicted octanol–water partition coefficient (Wildman–Crippen LogP) is 2.64. The minimum atomic E-state index is -3.93. The zero-order chi connectivity index (χ0) is 77.9. The molecule has 0 aromatic heterocycles. The Hall–Kier alpha value is -0.390. The van der Waals surface area contributed by atoms with Crippen LogP contribution >= 0.6 is 75.0 Å². The summed E-state index contributed by atoms with van der Waals surface area (Å²) < 4.78 is 155. The van der Waals surface area contributed by atoms with Gasteiger partial charge in [-0.15, -0.1) is 0 Å². The zero-order valence-electron chi connectivity index (χ0n) is 60.1. The van der Waals surface area contributed by atoms with Crippen LogP contribution in [0.15, 0.2) is 0 Å². The number of hydrogen-bond acceptors (Lipinski definition) is 36. The van der Waals surface area contributed by atoms with Crippen LogP contribution in [0, 0.1) is 11.3 Å². The largest absolute Gasteiger partial charge is 0.415 e. The van der Waals surface area contributed by atoms with Crippen molar-refractivity contribution < 1.29 is 166 Å². The summed E-state index contributed by atoms with van der Waals surface area (Å²) in [5.74, 6) is -2.12. The second-order valence-corrected chi connectivity index (χ2v) is 37.9. The van der Waals surface area contributed by atoms with E-state index in [-0.39, 0.29) is 145 Å². The van der Waals surface area contributed by atoms with Gasteiger partial charge in [-0.1, -0.05) is 37.3 Å². The number of amides is 3. The number of unbranched alkanes of at least 4 members (excludes halogenated alkanes) is 6. The summed E-state index contributed by atoms with van der Waals surface area (Å²) in [4.78, 5) is 44.9. The summed E-state index contributed by atoms with van der Waals surface area (Å²) in [6, 6.07) is -3.16. The molecule has 3 amide bonds. The van der Waals surface area contributed by atoms with Gasteiger partial charge in [0.15, 0.2) is 12.6 Å². The molecule has 19 unspecified atom stereocenters. The van der Waals surface area contributed by atoms with Crippen molar-refractivity contribution in [3.05, 3.63) is 0 Å². The van der Waals surface area contributed by atoms with Crippen molar-refractivity contribution in [2.24, 2.45) is 11.3 Å². The second kappa shape index (κ2) is 54.4. The van der Waals surface area contributed by atoms with E-state index < -0.39 is 162 Å². The molecule has 3 aliphatic rings. The molecule has 46 heteroatoms. The molecule has 0 aromatic rings. The number of ether oxygens (including phenoxy) is 9. The van der Waals surface area contributed by atoms with E-state index in [9.17, 15) is 83.5 Å². The lowest BCUT2D eigenvalue weighted by atomic mass is 9.79. The van der Waals surface area contributed by atoms with Crippen LogP contribution in [0.25, 0.3) is 0 Å². The molecule has 13 N–H and O–H groups in total. The van der Waals surface area contributed by atoms with Gasteiger partial charge < -0.3 is 131 Å². The molecular formula is C59H115N3O35P4S4. The Kier molecular flexibility index (Phi) is 51.2. The Bertz CT molecular complexity index is 2480. The Morgan fingerprint density at radius 1 is 0.429 bits per heavy atom. The van der Waals surface area contributed by atoms with E-state index in [0.29, 0.717) is 87.5 Å². The van der Waals surface area contributed by atoms with E-state index in [1.165, 1.54) is 35.0 Å². The fraction of sp³-hybridized carbons (Fsp3) is 0.949. The van der Waals surface area contributed by atoms with Crippen LogP contribution in [-0.4, -0.2) is 307 Å². The normalized spacial score (nSPS) is 28.0. The minimum Gasteiger partial charge on any atom is -0.396 e.